The summed E-state index contributed by atoms with van der Waals surface area (Å²) in [5, 5.41) is 19.9. The normalized spacial score (nSPS) is 21.5. The molecule has 1 aliphatic heterocycles. The van der Waals surface area contributed by atoms with Gasteiger partial charge in [-0.25, -0.2) is 0 Å². The molecule has 1 fully saturated rings. The third-order valence-corrected chi connectivity index (χ3v) is 3.59. The molecule has 0 amide bonds. The number of hydrogen-bond donors (Lipinski definition) is 1. The Hall–Kier alpha value is -2.45. The Balaban J connectivity index is 1.64. The van der Waals surface area contributed by atoms with Gasteiger partial charge < -0.3 is 10.1 Å². The van der Waals surface area contributed by atoms with Gasteiger partial charge in [0.25, 0.3) is 0 Å². The van der Waals surface area contributed by atoms with E-state index in [9.17, 15) is 0 Å². The average molecular weight is 280 g/mol. The Bertz CT molecular complexity index is 621. The average Bonchev–Trinajstić information content (AvgIpc) is 2.57. The highest BCUT2D eigenvalue weighted by molar-refractivity contribution is 5.36. The van der Waals surface area contributed by atoms with Gasteiger partial charge in [-0.1, -0.05) is 30.3 Å². The molecule has 0 bridgehead atoms. The fraction of sp³-hybridized carbons (Fsp3) is 0.312. The van der Waals surface area contributed by atoms with Crippen molar-refractivity contribution in [2.75, 3.05) is 11.9 Å². The van der Waals surface area contributed by atoms with E-state index in [1.807, 2.05) is 24.3 Å². The topological polar surface area (TPSA) is 70.8 Å². The van der Waals surface area contributed by atoms with Crippen LogP contribution in [0.4, 0.5) is 5.82 Å². The number of nitriles is 1. The van der Waals surface area contributed by atoms with Crippen molar-refractivity contribution in [2.45, 2.75) is 25.0 Å². The van der Waals surface area contributed by atoms with Crippen molar-refractivity contribution < 1.29 is 4.74 Å². The van der Waals surface area contributed by atoms with E-state index in [1.165, 1.54) is 5.56 Å². The predicted octanol–water partition coefficient (Wildman–Crippen LogP) is 2.68. The van der Waals surface area contributed by atoms with Crippen molar-refractivity contribution in [2.24, 2.45) is 0 Å². The first kappa shape index (κ1) is 13.5. The Kier molecular flexibility index (Phi) is 4.08. The highest BCUT2D eigenvalue weighted by Crippen LogP contribution is 2.29. The molecule has 1 saturated heterocycles. The van der Waals surface area contributed by atoms with E-state index in [-0.39, 0.29) is 6.10 Å². The number of anilines is 1. The zero-order chi connectivity index (χ0) is 14.5. The third-order valence-electron chi connectivity index (χ3n) is 3.59. The van der Waals surface area contributed by atoms with E-state index in [4.69, 9.17) is 10.00 Å². The minimum atomic E-state index is 0.115. The summed E-state index contributed by atoms with van der Waals surface area (Å²) in [6, 6.07) is 16.0. The lowest BCUT2D eigenvalue weighted by Crippen LogP contribution is -2.30. The van der Waals surface area contributed by atoms with Gasteiger partial charge >= 0.3 is 0 Å². The molecule has 2 heterocycles. The minimum Gasteiger partial charge on any atom is -0.373 e. The van der Waals surface area contributed by atoms with Crippen LogP contribution in [0.5, 0.6) is 0 Å². The molecule has 0 aliphatic carbocycles. The maximum atomic E-state index is 8.72. The standard InChI is InChI=1S/C16H16N4O/c17-11-14-6-7-16(20-19-14)18-13-8-9-21-15(10-13)12-4-2-1-3-5-12/h1-7,13,15H,8-10H2,(H,18,20). The zero-order valence-corrected chi connectivity index (χ0v) is 11.6. The van der Waals surface area contributed by atoms with Gasteiger partial charge in [0.05, 0.1) is 6.10 Å². The second-order valence-corrected chi connectivity index (χ2v) is 5.05. The second-order valence-electron chi connectivity index (χ2n) is 5.05. The fourth-order valence-corrected chi connectivity index (χ4v) is 2.51. The molecule has 0 radical (unpaired) electrons. The van der Waals surface area contributed by atoms with Crippen LogP contribution in [0, 0.1) is 11.3 Å². The van der Waals surface area contributed by atoms with Crippen LogP contribution in [0.1, 0.15) is 30.2 Å². The van der Waals surface area contributed by atoms with Crippen molar-refractivity contribution >= 4 is 5.82 Å². The van der Waals surface area contributed by atoms with Crippen LogP contribution in [0.3, 0.4) is 0 Å². The maximum absolute atomic E-state index is 8.72. The molecular weight excluding hydrogens is 264 g/mol. The zero-order valence-electron chi connectivity index (χ0n) is 11.6. The number of ether oxygens (including phenoxy) is 1. The molecule has 5 heteroatoms. The highest BCUT2D eigenvalue weighted by atomic mass is 16.5. The van der Waals surface area contributed by atoms with E-state index in [1.54, 1.807) is 12.1 Å². The number of nitrogens with zero attached hydrogens (tertiary/aromatic N) is 3. The number of nitrogens with one attached hydrogen (secondary N) is 1. The van der Waals surface area contributed by atoms with E-state index >= 15 is 0 Å². The van der Waals surface area contributed by atoms with Crippen LogP contribution in [0.25, 0.3) is 0 Å². The van der Waals surface area contributed by atoms with Gasteiger partial charge in [0.2, 0.25) is 0 Å². The first-order valence-corrected chi connectivity index (χ1v) is 7.02. The number of aromatic nitrogens is 2. The van der Waals surface area contributed by atoms with Crippen LogP contribution >= 0.6 is 0 Å². The van der Waals surface area contributed by atoms with E-state index in [0.717, 1.165) is 19.4 Å². The third kappa shape index (κ3) is 3.36. The Morgan fingerprint density at radius 1 is 1.14 bits per heavy atom. The summed E-state index contributed by atoms with van der Waals surface area (Å²) < 4.78 is 5.85. The maximum Gasteiger partial charge on any atom is 0.163 e. The number of benzene rings is 1. The minimum absolute atomic E-state index is 0.115. The quantitative estimate of drug-likeness (QED) is 0.936. The van der Waals surface area contributed by atoms with Gasteiger partial charge in [0, 0.05) is 12.6 Å². The molecule has 2 aromatic rings. The van der Waals surface area contributed by atoms with Crippen LogP contribution in [-0.2, 0) is 4.74 Å². The Morgan fingerprint density at radius 2 is 2.00 bits per heavy atom. The molecule has 106 valence electrons. The summed E-state index contributed by atoms with van der Waals surface area (Å²) in [5.41, 5.74) is 1.53. The SMILES string of the molecule is N#Cc1ccc(NC2CCOC(c3ccccc3)C2)nn1. The van der Waals surface area contributed by atoms with Gasteiger partial charge in [-0.2, -0.15) is 5.26 Å². The van der Waals surface area contributed by atoms with Gasteiger partial charge in [-0.15, -0.1) is 10.2 Å². The van der Waals surface area contributed by atoms with Crippen molar-refractivity contribution in [3.8, 4) is 6.07 Å². The molecule has 5 nitrogen and oxygen atoms in total. The van der Waals surface area contributed by atoms with Gasteiger partial charge in [0.1, 0.15) is 11.9 Å². The van der Waals surface area contributed by atoms with Gasteiger partial charge in [0.15, 0.2) is 5.69 Å². The summed E-state index contributed by atoms with van der Waals surface area (Å²) in [6.07, 6.45) is 1.94. The first-order chi connectivity index (χ1) is 10.3. The molecule has 3 rings (SSSR count). The van der Waals surface area contributed by atoms with Crippen molar-refractivity contribution in [3.05, 3.63) is 53.7 Å². The monoisotopic (exact) mass is 280 g/mol. The highest BCUT2D eigenvalue weighted by Gasteiger charge is 2.24. The smallest absolute Gasteiger partial charge is 0.163 e. The lowest BCUT2D eigenvalue weighted by molar-refractivity contribution is 0.00973. The largest absolute Gasteiger partial charge is 0.373 e. The Labute approximate surface area is 123 Å². The summed E-state index contributed by atoms with van der Waals surface area (Å²) in [5.74, 6) is 0.702. The molecule has 1 aromatic heterocycles. The molecule has 0 saturated carbocycles. The lowest BCUT2D eigenvalue weighted by Gasteiger charge is -2.30. The predicted molar refractivity (Wildman–Crippen MR) is 78.5 cm³/mol. The molecule has 1 aliphatic rings. The number of hydrogen-bond acceptors (Lipinski definition) is 5. The van der Waals surface area contributed by atoms with E-state index < -0.39 is 0 Å². The van der Waals surface area contributed by atoms with Crippen LogP contribution < -0.4 is 5.32 Å². The van der Waals surface area contributed by atoms with Crippen molar-refractivity contribution in [1.29, 1.82) is 5.26 Å². The summed E-state index contributed by atoms with van der Waals surface area (Å²) in [4.78, 5) is 0. The van der Waals surface area contributed by atoms with Crippen LogP contribution in [0.2, 0.25) is 0 Å². The molecular formula is C16H16N4O. The summed E-state index contributed by atoms with van der Waals surface area (Å²) in [7, 11) is 0. The molecule has 21 heavy (non-hydrogen) atoms. The molecule has 1 N–H and O–H groups in total. The Morgan fingerprint density at radius 3 is 2.71 bits per heavy atom. The fourth-order valence-electron chi connectivity index (χ4n) is 2.51. The summed E-state index contributed by atoms with van der Waals surface area (Å²) >= 11 is 0. The van der Waals surface area contributed by atoms with Crippen molar-refractivity contribution in [3.63, 3.8) is 0 Å². The second kappa shape index (κ2) is 6.33. The number of rotatable bonds is 3. The van der Waals surface area contributed by atoms with Crippen molar-refractivity contribution in [1.82, 2.24) is 10.2 Å². The van der Waals surface area contributed by atoms with E-state index in [0.29, 0.717) is 17.6 Å². The summed E-state index contributed by atoms with van der Waals surface area (Å²) in [6.45, 7) is 0.723. The van der Waals surface area contributed by atoms with Crippen LogP contribution in [0.15, 0.2) is 42.5 Å². The molecule has 2 unspecified atom stereocenters. The molecule has 1 aromatic carbocycles. The first-order valence-electron chi connectivity index (χ1n) is 7.02. The van der Waals surface area contributed by atoms with Gasteiger partial charge in [-0.05, 0) is 30.5 Å². The van der Waals surface area contributed by atoms with E-state index in [2.05, 4.69) is 27.6 Å². The van der Waals surface area contributed by atoms with Gasteiger partial charge in [-0.3, -0.25) is 0 Å². The molecule has 0 spiro atoms. The molecule has 2 atom stereocenters. The lowest BCUT2D eigenvalue weighted by atomic mass is 9.97. The van der Waals surface area contributed by atoms with Crippen LogP contribution in [-0.4, -0.2) is 22.8 Å².